The van der Waals surface area contributed by atoms with E-state index in [2.05, 4.69) is 24.0 Å². The largest absolute Gasteiger partial charge is 0.368 e. The Balaban J connectivity index is 2.79. The topological polar surface area (TPSA) is 20.3 Å². The summed E-state index contributed by atoms with van der Waals surface area (Å²) in [5, 5.41) is 0. The van der Waals surface area contributed by atoms with Crippen molar-refractivity contribution in [2.75, 3.05) is 18.0 Å². The minimum absolute atomic E-state index is 0.120. The number of unbranched alkanes of at least 4 members (excludes halogenated alkanes) is 1. The van der Waals surface area contributed by atoms with E-state index in [1.54, 1.807) is 6.92 Å². The standard InChI is InChI=1S/C16H23NO/c1-4-6-12-17(13-7-5-2)16-10-8-15(9-11-16)14(3)18/h4,6,8-11H,5,7,12-13H2,1-3H3/b6-4+. The first-order chi connectivity index (χ1) is 8.69. The van der Waals surface area contributed by atoms with Crippen molar-refractivity contribution in [1.82, 2.24) is 0 Å². The molecule has 2 heteroatoms. The quantitative estimate of drug-likeness (QED) is 0.533. The molecule has 0 amide bonds. The van der Waals surface area contributed by atoms with E-state index in [4.69, 9.17) is 0 Å². The van der Waals surface area contributed by atoms with Crippen molar-refractivity contribution >= 4 is 11.5 Å². The number of Topliss-reactive ketones (excluding diaryl/α,β-unsaturated/α-hetero) is 1. The van der Waals surface area contributed by atoms with Crippen LogP contribution in [0.1, 0.15) is 44.0 Å². The lowest BCUT2D eigenvalue weighted by Crippen LogP contribution is -2.24. The molecular formula is C16H23NO. The van der Waals surface area contributed by atoms with Gasteiger partial charge < -0.3 is 4.90 Å². The van der Waals surface area contributed by atoms with E-state index in [0.29, 0.717) is 0 Å². The summed E-state index contributed by atoms with van der Waals surface area (Å²) >= 11 is 0. The van der Waals surface area contributed by atoms with Gasteiger partial charge in [0.1, 0.15) is 0 Å². The highest BCUT2D eigenvalue weighted by molar-refractivity contribution is 5.94. The van der Waals surface area contributed by atoms with Crippen LogP contribution in [0.5, 0.6) is 0 Å². The van der Waals surface area contributed by atoms with E-state index in [1.165, 1.54) is 18.5 Å². The predicted molar refractivity (Wildman–Crippen MR) is 78.4 cm³/mol. The highest BCUT2D eigenvalue weighted by atomic mass is 16.1. The number of anilines is 1. The number of carbonyl (C=O) groups excluding carboxylic acids is 1. The fourth-order valence-corrected chi connectivity index (χ4v) is 1.81. The van der Waals surface area contributed by atoms with Crippen molar-refractivity contribution in [1.29, 1.82) is 0 Å². The molecule has 0 saturated carbocycles. The van der Waals surface area contributed by atoms with Gasteiger partial charge in [-0.2, -0.15) is 0 Å². The Labute approximate surface area is 110 Å². The van der Waals surface area contributed by atoms with Gasteiger partial charge in [-0.05, 0) is 44.5 Å². The van der Waals surface area contributed by atoms with Crippen molar-refractivity contribution in [3.8, 4) is 0 Å². The van der Waals surface area contributed by atoms with E-state index < -0.39 is 0 Å². The summed E-state index contributed by atoms with van der Waals surface area (Å²) in [5.41, 5.74) is 1.96. The molecule has 0 bridgehead atoms. The summed E-state index contributed by atoms with van der Waals surface area (Å²) in [6.45, 7) is 7.82. The van der Waals surface area contributed by atoms with Gasteiger partial charge in [-0.15, -0.1) is 0 Å². The average molecular weight is 245 g/mol. The Kier molecular flexibility index (Phi) is 6.20. The fraction of sp³-hybridized carbons (Fsp3) is 0.438. The van der Waals surface area contributed by atoms with Gasteiger partial charge in [-0.25, -0.2) is 0 Å². The van der Waals surface area contributed by atoms with Crippen LogP contribution in [0.15, 0.2) is 36.4 Å². The molecule has 0 heterocycles. The highest BCUT2D eigenvalue weighted by Gasteiger charge is 2.05. The molecule has 0 aliphatic carbocycles. The molecule has 0 aliphatic rings. The molecule has 1 rings (SSSR count). The first-order valence-corrected chi connectivity index (χ1v) is 6.66. The molecule has 0 spiro atoms. The summed E-state index contributed by atoms with van der Waals surface area (Å²) in [5.74, 6) is 0.120. The van der Waals surface area contributed by atoms with Crippen molar-refractivity contribution < 1.29 is 4.79 Å². The Morgan fingerprint density at radius 1 is 1.28 bits per heavy atom. The summed E-state index contributed by atoms with van der Waals surface area (Å²) in [7, 11) is 0. The van der Waals surface area contributed by atoms with Gasteiger partial charge in [-0.3, -0.25) is 4.79 Å². The lowest BCUT2D eigenvalue weighted by molar-refractivity contribution is 0.101. The monoisotopic (exact) mass is 245 g/mol. The number of allylic oxidation sites excluding steroid dienone is 1. The number of benzene rings is 1. The molecule has 98 valence electrons. The summed E-state index contributed by atoms with van der Waals surface area (Å²) in [6.07, 6.45) is 6.61. The minimum atomic E-state index is 0.120. The molecule has 0 aliphatic heterocycles. The number of hydrogen-bond donors (Lipinski definition) is 0. The lowest BCUT2D eigenvalue weighted by atomic mass is 10.1. The van der Waals surface area contributed by atoms with Crippen LogP contribution in [0.4, 0.5) is 5.69 Å². The lowest BCUT2D eigenvalue weighted by Gasteiger charge is -2.23. The van der Waals surface area contributed by atoms with Gasteiger partial charge in [0.05, 0.1) is 0 Å². The number of rotatable bonds is 7. The van der Waals surface area contributed by atoms with Gasteiger partial charge in [0.2, 0.25) is 0 Å². The molecule has 0 aromatic heterocycles. The molecule has 0 atom stereocenters. The number of hydrogen-bond acceptors (Lipinski definition) is 2. The van der Waals surface area contributed by atoms with Crippen LogP contribution in [0.3, 0.4) is 0 Å². The number of ketones is 1. The van der Waals surface area contributed by atoms with Crippen LogP contribution >= 0.6 is 0 Å². The maximum atomic E-state index is 11.2. The zero-order valence-electron chi connectivity index (χ0n) is 11.6. The second-order valence-electron chi connectivity index (χ2n) is 4.47. The predicted octanol–water partition coefficient (Wildman–Crippen LogP) is 4.07. The third-order valence-corrected chi connectivity index (χ3v) is 2.98. The highest BCUT2D eigenvalue weighted by Crippen LogP contribution is 2.16. The van der Waals surface area contributed by atoms with Gasteiger partial charge in [-0.1, -0.05) is 25.5 Å². The molecular weight excluding hydrogens is 222 g/mol. The molecule has 1 aromatic carbocycles. The molecule has 0 unspecified atom stereocenters. The van der Waals surface area contributed by atoms with Gasteiger partial charge in [0.25, 0.3) is 0 Å². The maximum absolute atomic E-state index is 11.2. The van der Waals surface area contributed by atoms with Crippen LogP contribution in [-0.4, -0.2) is 18.9 Å². The van der Waals surface area contributed by atoms with Crippen LogP contribution in [0.25, 0.3) is 0 Å². The van der Waals surface area contributed by atoms with E-state index in [1.807, 2.05) is 31.2 Å². The number of nitrogens with zero attached hydrogens (tertiary/aromatic N) is 1. The second-order valence-corrected chi connectivity index (χ2v) is 4.47. The third-order valence-electron chi connectivity index (χ3n) is 2.98. The molecule has 0 N–H and O–H groups in total. The van der Waals surface area contributed by atoms with Crippen molar-refractivity contribution in [3.05, 3.63) is 42.0 Å². The van der Waals surface area contributed by atoms with Gasteiger partial charge in [0, 0.05) is 24.3 Å². The Morgan fingerprint density at radius 2 is 1.94 bits per heavy atom. The average Bonchev–Trinajstić information content (AvgIpc) is 2.39. The van der Waals surface area contributed by atoms with Gasteiger partial charge in [0.15, 0.2) is 5.78 Å². The van der Waals surface area contributed by atoms with E-state index in [9.17, 15) is 4.79 Å². The van der Waals surface area contributed by atoms with E-state index >= 15 is 0 Å². The van der Waals surface area contributed by atoms with Crippen LogP contribution < -0.4 is 4.90 Å². The van der Waals surface area contributed by atoms with Crippen molar-refractivity contribution in [2.24, 2.45) is 0 Å². The minimum Gasteiger partial charge on any atom is -0.368 e. The first kappa shape index (κ1) is 14.5. The molecule has 0 saturated heterocycles. The third kappa shape index (κ3) is 4.36. The molecule has 0 radical (unpaired) electrons. The smallest absolute Gasteiger partial charge is 0.159 e. The maximum Gasteiger partial charge on any atom is 0.159 e. The van der Waals surface area contributed by atoms with E-state index in [0.717, 1.165) is 18.7 Å². The molecule has 0 fully saturated rings. The molecule has 2 nitrogen and oxygen atoms in total. The first-order valence-electron chi connectivity index (χ1n) is 6.66. The Morgan fingerprint density at radius 3 is 2.44 bits per heavy atom. The zero-order chi connectivity index (χ0) is 13.4. The second kappa shape index (κ2) is 7.70. The Bertz CT molecular complexity index is 392. The fourth-order valence-electron chi connectivity index (χ4n) is 1.81. The van der Waals surface area contributed by atoms with Crippen LogP contribution in [0, 0.1) is 0 Å². The zero-order valence-corrected chi connectivity index (χ0v) is 11.6. The molecule has 1 aromatic rings. The Hall–Kier alpha value is -1.57. The summed E-state index contributed by atoms with van der Waals surface area (Å²) in [4.78, 5) is 13.6. The van der Waals surface area contributed by atoms with Gasteiger partial charge >= 0.3 is 0 Å². The van der Waals surface area contributed by atoms with Crippen LogP contribution in [0.2, 0.25) is 0 Å². The van der Waals surface area contributed by atoms with E-state index in [-0.39, 0.29) is 5.78 Å². The van der Waals surface area contributed by atoms with Crippen molar-refractivity contribution in [3.63, 3.8) is 0 Å². The summed E-state index contributed by atoms with van der Waals surface area (Å²) in [6, 6.07) is 7.89. The number of carbonyl (C=O) groups is 1. The molecule has 18 heavy (non-hydrogen) atoms. The SMILES string of the molecule is C/C=C/CN(CCCC)c1ccc(C(C)=O)cc1. The van der Waals surface area contributed by atoms with Crippen LogP contribution in [-0.2, 0) is 0 Å². The summed E-state index contributed by atoms with van der Waals surface area (Å²) < 4.78 is 0. The van der Waals surface area contributed by atoms with Crippen molar-refractivity contribution in [2.45, 2.75) is 33.6 Å². The normalized spacial score (nSPS) is 10.8.